The van der Waals surface area contributed by atoms with E-state index in [1.54, 1.807) is 12.4 Å². The van der Waals surface area contributed by atoms with Crippen LogP contribution >= 0.6 is 0 Å². The van der Waals surface area contributed by atoms with Gasteiger partial charge in [-0.25, -0.2) is 9.97 Å². The minimum Gasteiger partial charge on any atom is -0.437 e. The molecule has 0 fully saturated rings. The molecule has 1 aliphatic rings. The molecule has 2 N–H and O–H groups in total. The quantitative estimate of drug-likeness (QED) is 0.292. The van der Waals surface area contributed by atoms with Crippen LogP contribution in [0.4, 0.5) is 0 Å². The first-order valence-corrected chi connectivity index (χ1v) is 16.5. The third kappa shape index (κ3) is 6.75. The molecule has 2 aromatic heterocycles. The van der Waals surface area contributed by atoms with Crippen molar-refractivity contribution < 1.29 is 19.1 Å². The molecular weight excluding hydrogens is 486 g/mol. The number of fused-ring (bicyclic) bond motifs is 2. The number of ether oxygens (including phenoxy) is 2. The molecule has 9 nitrogen and oxygen atoms in total. The van der Waals surface area contributed by atoms with Crippen LogP contribution in [-0.4, -0.2) is 47.1 Å². The van der Waals surface area contributed by atoms with Crippen molar-refractivity contribution in [2.75, 3.05) is 6.61 Å². The number of hydrogen-bond acceptors (Lipinski definition) is 6. The number of rotatable bonds is 10. The summed E-state index contributed by atoms with van der Waals surface area (Å²) in [5.41, 5.74) is 3.71. The smallest absolute Gasteiger partial charge is 0.255 e. The van der Waals surface area contributed by atoms with Gasteiger partial charge in [0.05, 0.1) is 17.8 Å². The summed E-state index contributed by atoms with van der Waals surface area (Å²) in [7, 11) is -1.21. The summed E-state index contributed by atoms with van der Waals surface area (Å²) >= 11 is 0. The van der Waals surface area contributed by atoms with Gasteiger partial charge >= 0.3 is 0 Å². The van der Waals surface area contributed by atoms with Crippen LogP contribution in [0.2, 0.25) is 25.7 Å². The van der Waals surface area contributed by atoms with Crippen LogP contribution < -0.4 is 15.4 Å². The number of carbonyl (C=O) groups is 2. The Kier molecular flexibility index (Phi) is 7.98. The summed E-state index contributed by atoms with van der Waals surface area (Å²) in [6, 6.07) is 6.87. The lowest BCUT2D eigenvalue weighted by atomic mass is 10.1. The molecule has 2 amide bonds. The molecular formula is C27H37N5O4Si. The Balaban J connectivity index is 1.59. The standard InChI is InChI=1S/C27H37N5O4Si/c1-17(2)29-27(34)22-15-32(16-35-11-12-37(4,5)6)26-25(22)31-24(14-28-26)36-20-9-7-19-8-10-23(21(19)13-20)30-18(3)33/h7,9,13-15,17,23H,8,10-12,16H2,1-6H3,(H,29,34)(H,30,33)/t23-/m1/s1. The van der Waals surface area contributed by atoms with Crippen molar-refractivity contribution in [3.63, 3.8) is 0 Å². The third-order valence-electron chi connectivity index (χ3n) is 6.23. The average molecular weight is 524 g/mol. The van der Waals surface area contributed by atoms with E-state index in [-0.39, 0.29) is 29.8 Å². The molecule has 1 aliphatic carbocycles. The van der Waals surface area contributed by atoms with E-state index < -0.39 is 8.07 Å². The lowest BCUT2D eigenvalue weighted by molar-refractivity contribution is -0.119. The molecule has 0 bridgehead atoms. The summed E-state index contributed by atoms with van der Waals surface area (Å²) in [6.07, 6.45) is 5.08. The van der Waals surface area contributed by atoms with Crippen LogP contribution in [0.5, 0.6) is 11.6 Å². The van der Waals surface area contributed by atoms with Crippen molar-refractivity contribution in [3.8, 4) is 11.6 Å². The van der Waals surface area contributed by atoms with E-state index in [0.717, 1.165) is 24.4 Å². The van der Waals surface area contributed by atoms with E-state index in [4.69, 9.17) is 9.47 Å². The molecule has 4 rings (SSSR count). The second-order valence-corrected chi connectivity index (χ2v) is 16.7. The van der Waals surface area contributed by atoms with E-state index in [0.29, 0.717) is 35.8 Å². The lowest BCUT2D eigenvalue weighted by Crippen LogP contribution is -2.30. The first-order chi connectivity index (χ1) is 17.5. The molecule has 198 valence electrons. The molecule has 0 saturated heterocycles. The van der Waals surface area contributed by atoms with Gasteiger partial charge in [0.2, 0.25) is 11.8 Å². The van der Waals surface area contributed by atoms with Crippen molar-refractivity contribution >= 4 is 31.1 Å². The van der Waals surface area contributed by atoms with Gasteiger partial charge in [0.25, 0.3) is 5.91 Å². The fraction of sp³-hybridized carbons (Fsp3) is 0.481. The van der Waals surface area contributed by atoms with Gasteiger partial charge in [-0.3, -0.25) is 9.59 Å². The molecule has 3 aromatic rings. The third-order valence-corrected chi connectivity index (χ3v) is 7.93. The molecule has 0 saturated carbocycles. The minimum atomic E-state index is -1.21. The summed E-state index contributed by atoms with van der Waals surface area (Å²) in [6.45, 7) is 13.2. The Bertz CT molecular complexity index is 1300. The Hall–Kier alpha value is -3.24. The number of benzene rings is 1. The van der Waals surface area contributed by atoms with E-state index in [9.17, 15) is 9.59 Å². The number of aromatic nitrogens is 3. The predicted octanol–water partition coefficient (Wildman–Crippen LogP) is 4.80. The molecule has 10 heteroatoms. The highest BCUT2D eigenvalue weighted by Gasteiger charge is 2.24. The monoisotopic (exact) mass is 523 g/mol. The van der Waals surface area contributed by atoms with E-state index in [1.807, 2.05) is 36.6 Å². The molecule has 0 unspecified atom stereocenters. The second-order valence-electron chi connectivity index (χ2n) is 11.1. The summed E-state index contributed by atoms with van der Waals surface area (Å²) < 4.78 is 13.8. The van der Waals surface area contributed by atoms with Crippen molar-refractivity contribution in [2.45, 2.75) is 78.1 Å². The van der Waals surface area contributed by atoms with Gasteiger partial charge in [0, 0.05) is 33.8 Å². The normalized spacial score (nSPS) is 15.2. The Morgan fingerprint density at radius 1 is 1.24 bits per heavy atom. The number of carbonyl (C=O) groups excluding carboxylic acids is 2. The highest BCUT2D eigenvalue weighted by Crippen LogP contribution is 2.35. The molecule has 1 atom stereocenters. The van der Waals surface area contributed by atoms with Gasteiger partial charge in [-0.15, -0.1) is 0 Å². The number of aryl methyl sites for hydroxylation is 1. The van der Waals surface area contributed by atoms with Gasteiger partial charge in [-0.05, 0) is 56.0 Å². The topological polar surface area (TPSA) is 107 Å². The van der Waals surface area contributed by atoms with Crippen LogP contribution in [0.15, 0.2) is 30.6 Å². The average Bonchev–Trinajstić information content (AvgIpc) is 3.36. The largest absolute Gasteiger partial charge is 0.437 e. The SMILES string of the molecule is CC(=O)N[C@@H]1CCc2ccc(Oc3cnc4c(n3)c(C(=O)NC(C)C)cn4COCC[Si](C)(C)C)cc21. The maximum absolute atomic E-state index is 13.0. The molecule has 0 spiro atoms. The Morgan fingerprint density at radius 3 is 2.73 bits per heavy atom. The molecule has 0 radical (unpaired) electrons. The summed E-state index contributed by atoms with van der Waals surface area (Å²) in [5.74, 6) is 0.620. The number of hydrogen-bond donors (Lipinski definition) is 2. The Morgan fingerprint density at radius 2 is 2.03 bits per heavy atom. The van der Waals surface area contributed by atoms with Gasteiger partial charge in [0.1, 0.15) is 18.0 Å². The van der Waals surface area contributed by atoms with Crippen molar-refractivity contribution in [1.82, 2.24) is 25.2 Å². The minimum absolute atomic E-state index is 0.0192. The van der Waals surface area contributed by atoms with Crippen LogP contribution in [-0.2, 0) is 22.7 Å². The highest BCUT2D eigenvalue weighted by atomic mass is 28.3. The van der Waals surface area contributed by atoms with Crippen LogP contribution in [0.1, 0.15) is 54.7 Å². The first kappa shape index (κ1) is 26.8. The maximum Gasteiger partial charge on any atom is 0.255 e. The van der Waals surface area contributed by atoms with Crippen LogP contribution in [0, 0.1) is 0 Å². The second kappa shape index (κ2) is 11.0. The maximum atomic E-state index is 13.0. The molecule has 37 heavy (non-hydrogen) atoms. The summed E-state index contributed by atoms with van der Waals surface area (Å²) in [4.78, 5) is 33.8. The zero-order chi connectivity index (χ0) is 26.7. The van der Waals surface area contributed by atoms with Crippen LogP contribution in [0.3, 0.4) is 0 Å². The van der Waals surface area contributed by atoms with E-state index in [1.165, 1.54) is 12.5 Å². The zero-order valence-corrected chi connectivity index (χ0v) is 23.6. The lowest BCUT2D eigenvalue weighted by Gasteiger charge is -2.15. The molecule has 2 heterocycles. The van der Waals surface area contributed by atoms with Crippen LogP contribution in [0.25, 0.3) is 11.2 Å². The Labute approximate surface area is 219 Å². The van der Waals surface area contributed by atoms with Crippen molar-refractivity contribution in [1.29, 1.82) is 0 Å². The van der Waals surface area contributed by atoms with E-state index in [2.05, 4.69) is 40.2 Å². The van der Waals surface area contributed by atoms with Gasteiger partial charge in [0.15, 0.2) is 5.65 Å². The fourth-order valence-electron chi connectivity index (χ4n) is 4.39. The van der Waals surface area contributed by atoms with Crippen molar-refractivity contribution in [2.24, 2.45) is 0 Å². The van der Waals surface area contributed by atoms with Gasteiger partial charge in [-0.2, -0.15) is 0 Å². The predicted molar refractivity (Wildman–Crippen MR) is 146 cm³/mol. The zero-order valence-electron chi connectivity index (χ0n) is 22.6. The number of nitrogens with one attached hydrogen (secondary N) is 2. The summed E-state index contributed by atoms with van der Waals surface area (Å²) in [5, 5.41) is 5.94. The fourth-order valence-corrected chi connectivity index (χ4v) is 5.15. The number of amides is 2. The van der Waals surface area contributed by atoms with Gasteiger partial charge < -0.3 is 24.7 Å². The van der Waals surface area contributed by atoms with Gasteiger partial charge in [-0.1, -0.05) is 25.7 Å². The van der Waals surface area contributed by atoms with E-state index >= 15 is 0 Å². The molecule has 1 aromatic carbocycles. The number of nitrogens with zero attached hydrogens (tertiary/aromatic N) is 3. The first-order valence-electron chi connectivity index (χ1n) is 12.8. The van der Waals surface area contributed by atoms with Crippen molar-refractivity contribution in [3.05, 3.63) is 47.3 Å². The molecule has 0 aliphatic heterocycles. The highest BCUT2D eigenvalue weighted by molar-refractivity contribution is 6.76.